The second kappa shape index (κ2) is 6.77. The van der Waals surface area contributed by atoms with Gasteiger partial charge >= 0.3 is 0 Å². The Labute approximate surface area is 127 Å². The maximum Gasteiger partial charge on any atom is 0.128 e. The van der Waals surface area contributed by atoms with Crippen LogP contribution in [0.5, 0.6) is 11.5 Å². The number of halogens is 1. The second-order valence-electron chi connectivity index (χ2n) is 4.61. The Morgan fingerprint density at radius 2 is 2.00 bits per heavy atom. The molecule has 0 fully saturated rings. The van der Waals surface area contributed by atoms with Gasteiger partial charge < -0.3 is 15.2 Å². The molecule has 0 aliphatic carbocycles. The average Bonchev–Trinajstić information content (AvgIpc) is 2.44. The van der Waals surface area contributed by atoms with Gasteiger partial charge in [-0.1, -0.05) is 34.1 Å². The van der Waals surface area contributed by atoms with Gasteiger partial charge in [-0.3, -0.25) is 0 Å². The maximum absolute atomic E-state index is 5.97. The molecule has 0 aliphatic heterocycles. The molecule has 1 atom stereocenters. The van der Waals surface area contributed by atoms with Gasteiger partial charge in [0.05, 0.1) is 7.11 Å². The van der Waals surface area contributed by atoms with Crippen LogP contribution in [0.25, 0.3) is 0 Å². The minimum atomic E-state index is -0.0848. The zero-order chi connectivity index (χ0) is 14.5. The number of methoxy groups -OCH3 is 1. The average molecular weight is 336 g/mol. The number of hydrogen-bond donors (Lipinski definition) is 1. The Morgan fingerprint density at radius 3 is 2.65 bits per heavy atom. The van der Waals surface area contributed by atoms with E-state index in [1.54, 1.807) is 7.11 Å². The van der Waals surface area contributed by atoms with Crippen molar-refractivity contribution in [3.8, 4) is 11.5 Å². The summed E-state index contributed by atoms with van der Waals surface area (Å²) in [5.74, 6) is 1.53. The van der Waals surface area contributed by atoms with Crippen LogP contribution in [-0.4, -0.2) is 7.11 Å². The lowest BCUT2D eigenvalue weighted by atomic mass is 10.1. The molecule has 1 unspecified atom stereocenters. The van der Waals surface area contributed by atoms with E-state index in [0.717, 1.165) is 27.1 Å². The van der Waals surface area contributed by atoms with Crippen LogP contribution in [0, 0.1) is 0 Å². The molecule has 106 valence electrons. The molecule has 0 radical (unpaired) electrons. The number of benzene rings is 2. The molecule has 2 rings (SSSR count). The van der Waals surface area contributed by atoms with E-state index in [9.17, 15) is 0 Å². The molecule has 20 heavy (non-hydrogen) atoms. The van der Waals surface area contributed by atoms with Gasteiger partial charge in [-0.25, -0.2) is 0 Å². The lowest BCUT2D eigenvalue weighted by molar-refractivity contribution is 0.299. The molecule has 3 nitrogen and oxygen atoms in total. The molecule has 2 aromatic rings. The van der Waals surface area contributed by atoms with E-state index >= 15 is 0 Å². The van der Waals surface area contributed by atoms with E-state index in [0.29, 0.717) is 6.61 Å². The Kier molecular flexibility index (Phi) is 5.04. The monoisotopic (exact) mass is 335 g/mol. The van der Waals surface area contributed by atoms with Gasteiger partial charge in [-0.2, -0.15) is 0 Å². The SMILES string of the molecule is COc1ccc(C(C)N)c(OCc2cccc(Br)c2)c1. The molecule has 0 aliphatic rings. The minimum absolute atomic E-state index is 0.0848. The van der Waals surface area contributed by atoms with Crippen molar-refractivity contribution in [1.29, 1.82) is 0 Å². The standard InChI is InChI=1S/C16H18BrNO2/c1-11(18)15-7-6-14(19-2)9-16(15)20-10-12-4-3-5-13(17)8-12/h3-9,11H,10,18H2,1-2H3. The molecule has 0 aromatic heterocycles. The summed E-state index contributed by atoms with van der Waals surface area (Å²) in [5, 5.41) is 0. The summed E-state index contributed by atoms with van der Waals surface area (Å²) in [7, 11) is 1.64. The Bertz CT molecular complexity index is 584. The van der Waals surface area contributed by atoms with Crippen molar-refractivity contribution < 1.29 is 9.47 Å². The zero-order valence-corrected chi connectivity index (χ0v) is 13.2. The fraction of sp³-hybridized carbons (Fsp3) is 0.250. The minimum Gasteiger partial charge on any atom is -0.497 e. The predicted molar refractivity (Wildman–Crippen MR) is 84.1 cm³/mol. The van der Waals surface area contributed by atoms with Crippen LogP contribution in [0.3, 0.4) is 0 Å². The molecule has 4 heteroatoms. The molecule has 0 heterocycles. The summed E-state index contributed by atoms with van der Waals surface area (Å²) < 4.78 is 12.2. The number of ether oxygens (including phenoxy) is 2. The normalized spacial score (nSPS) is 12.0. The van der Waals surface area contributed by atoms with Gasteiger partial charge in [-0.05, 0) is 30.7 Å². The molecule has 0 spiro atoms. The van der Waals surface area contributed by atoms with Gasteiger partial charge in [-0.15, -0.1) is 0 Å². The van der Waals surface area contributed by atoms with Gasteiger partial charge in [0.25, 0.3) is 0 Å². The van der Waals surface area contributed by atoms with Crippen LogP contribution in [0.2, 0.25) is 0 Å². The lowest BCUT2D eigenvalue weighted by Gasteiger charge is -2.15. The van der Waals surface area contributed by atoms with Gasteiger partial charge in [0.2, 0.25) is 0 Å². The highest BCUT2D eigenvalue weighted by molar-refractivity contribution is 9.10. The van der Waals surface area contributed by atoms with E-state index in [1.165, 1.54) is 0 Å². The van der Waals surface area contributed by atoms with E-state index < -0.39 is 0 Å². The summed E-state index contributed by atoms with van der Waals surface area (Å²) in [6.07, 6.45) is 0. The fourth-order valence-corrected chi connectivity index (χ4v) is 2.38. The molecule has 0 bridgehead atoms. The molecule has 2 aromatic carbocycles. The summed E-state index contributed by atoms with van der Waals surface area (Å²) in [5.41, 5.74) is 8.04. The fourth-order valence-electron chi connectivity index (χ4n) is 1.93. The maximum atomic E-state index is 5.97. The second-order valence-corrected chi connectivity index (χ2v) is 5.53. The van der Waals surface area contributed by atoms with Crippen molar-refractivity contribution in [2.45, 2.75) is 19.6 Å². The Hall–Kier alpha value is -1.52. The van der Waals surface area contributed by atoms with E-state index in [4.69, 9.17) is 15.2 Å². The van der Waals surface area contributed by atoms with E-state index in [1.807, 2.05) is 49.4 Å². The summed E-state index contributed by atoms with van der Waals surface area (Å²) >= 11 is 3.45. The van der Waals surface area contributed by atoms with Crippen molar-refractivity contribution in [2.24, 2.45) is 5.73 Å². The van der Waals surface area contributed by atoms with Gasteiger partial charge in [0.15, 0.2) is 0 Å². The summed E-state index contributed by atoms with van der Waals surface area (Å²) in [6.45, 7) is 2.43. The molecule has 2 N–H and O–H groups in total. The van der Waals surface area contributed by atoms with Gasteiger partial charge in [0.1, 0.15) is 18.1 Å². The van der Waals surface area contributed by atoms with Gasteiger partial charge in [0, 0.05) is 22.1 Å². The molecule has 0 saturated heterocycles. The third-order valence-corrected chi connectivity index (χ3v) is 3.49. The Balaban J connectivity index is 2.19. The van der Waals surface area contributed by atoms with Crippen molar-refractivity contribution in [2.75, 3.05) is 7.11 Å². The van der Waals surface area contributed by atoms with Crippen LogP contribution >= 0.6 is 15.9 Å². The number of hydrogen-bond acceptors (Lipinski definition) is 3. The van der Waals surface area contributed by atoms with Crippen LogP contribution < -0.4 is 15.2 Å². The highest BCUT2D eigenvalue weighted by atomic mass is 79.9. The van der Waals surface area contributed by atoms with Crippen molar-refractivity contribution in [3.05, 3.63) is 58.1 Å². The molecular weight excluding hydrogens is 318 g/mol. The van der Waals surface area contributed by atoms with Crippen molar-refractivity contribution in [1.82, 2.24) is 0 Å². The smallest absolute Gasteiger partial charge is 0.128 e. The largest absolute Gasteiger partial charge is 0.497 e. The number of rotatable bonds is 5. The van der Waals surface area contributed by atoms with Crippen LogP contribution in [0.4, 0.5) is 0 Å². The van der Waals surface area contributed by atoms with Crippen molar-refractivity contribution in [3.63, 3.8) is 0 Å². The van der Waals surface area contributed by atoms with Crippen LogP contribution in [-0.2, 0) is 6.61 Å². The quantitative estimate of drug-likeness (QED) is 0.896. The van der Waals surface area contributed by atoms with Crippen LogP contribution in [0.15, 0.2) is 46.9 Å². The van der Waals surface area contributed by atoms with Crippen LogP contribution in [0.1, 0.15) is 24.1 Å². The number of nitrogens with two attached hydrogens (primary N) is 1. The van der Waals surface area contributed by atoms with E-state index in [2.05, 4.69) is 15.9 Å². The molecule has 0 amide bonds. The highest BCUT2D eigenvalue weighted by Gasteiger charge is 2.10. The van der Waals surface area contributed by atoms with E-state index in [-0.39, 0.29) is 6.04 Å². The predicted octanol–water partition coefficient (Wildman–Crippen LogP) is 4.06. The first-order valence-corrected chi connectivity index (χ1v) is 7.20. The third kappa shape index (κ3) is 3.74. The first kappa shape index (κ1) is 14.9. The Morgan fingerprint density at radius 1 is 1.20 bits per heavy atom. The summed E-state index contributed by atoms with van der Waals surface area (Å²) in [4.78, 5) is 0. The lowest BCUT2D eigenvalue weighted by Crippen LogP contribution is -2.08. The highest BCUT2D eigenvalue weighted by Crippen LogP contribution is 2.29. The first-order valence-electron chi connectivity index (χ1n) is 6.41. The first-order chi connectivity index (χ1) is 9.60. The molecular formula is C16H18BrNO2. The molecule has 0 saturated carbocycles. The zero-order valence-electron chi connectivity index (χ0n) is 11.6. The topological polar surface area (TPSA) is 44.5 Å². The van der Waals surface area contributed by atoms with Crippen molar-refractivity contribution >= 4 is 15.9 Å². The third-order valence-electron chi connectivity index (χ3n) is 2.99. The summed E-state index contributed by atoms with van der Waals surface area (Å²) in [6, 6.07) is 13.7.